The van der Waals surface area contributed by atoms with E-state index in [4.69, 9.17) is 5.26 Å². The van der Waals surface area contributed by atoms with E-state index in [1.165, 1.54) is 12.0 Å². The normalized spacial score (nSPS) is 24.8. The number of rotatable bonds is 3. The Bertz CT molecular complexity index is 402. The van der Waals surface area contributed by atoms with E-state index in [1.807, 2.05) is 19.2 Å². The highest BCUT2D eigenvalue weighted by atomic mass is 15.2. The lowest BCUT2D eigenvalue weighted by Gasteiger charge is -2.25. The molecule has 0 radical (unpaired) electrons. The van der Waals surface area contributed by atoms with Gasteiger partial charge in [0, 0.05) is 6.04 Å². The van der Waals surface area contributed by atoms with Crippen molar-refractivity contribution in [3.05, 3.63) is 35.4 Å². The SMILES string of the molecule is CNCC1CCN(C)C1c1ccc(C#N)cc1. The summed E-state index contributed by atoms with van der Waals surface area (Å²) in [6.07, 6.45) is 1.24. The summed E-state index contributed by atoms with van der Waals surface area (Å²) in [5, 5.41) is 12.1. The number of hydrogen-bond donors (Lipinski definition) is 1. The van der Waals surface area contributed by atoms with E-state index in [9.17, 15) is 0 Å². The predicted octanol–water partition coefficient (Wildman–Crippen LogP) is 1.77. The summed E-state index contributed by atoms with van der Waals surface area (Å²) < 4.78 is 0. The maximum atomic E-state index is 8.81. The average Bonchev–Trinajstić information content (AvgIpc) is 2.71. The van der Waals surface area contributed by atoms with Crippen molar-refractivity contribution in [2.24, 2.45) is 5.92 Å². The fourth-order valence-corrected chi connectivity index (χ4v) is 2.78. The minimum atomic E-state index is 0.482. The summed E-state index contributed by atoms with van der Waals surface area (Å²) in [6.45, 7) is 2.20. The molecule has 1 N–H and O–H groups in total. The van der Waals surface area contributed by atoms with Crippen LogP contribution >= 0.6 is 0 Å². The third kappa shape index (κ3) is 2.49. The van der Waals surface area contributed by atoms with Crippen LogP contribution in [0.2, 0.25) is 0 Å². The summed E-state index contributed by atoms with van der Waals surface area (Å²) in [5.41, 5.74) is 2.06. The summed E-state index contributed by atoms with van der Waals surface area (Å²) in [5.74, 6) is 0.665. The predicted molar refractivity (Wildman–Crippen MR) is 68.6 cm³/mol. The van der Waals surface area contributed by atoms with Gasteiger partial charge in [-0.25, -0.2) is 0 Å². The van der Waals surface area contributed by atoms with Crippen LogP contribution in [0, 0.1) is 17.2 Å². The van der Waals surface area contributed by atoms with E-state index in [-0.39, 0.29) is 0 Å². The lowest BCUT2D eigenvalue weighted by molar-refractivity contribution is 0.274. The van der Waals surface area contributed by atoms with E-state index in [0.717, 1.165) is 18.7 Å². The fraction of sp³-hybridized carbons (Fsp3) is 0.500. The van der Waals surface area contributed by atoms with E-state index < -0.39 is 0 Å². The maximum Gasteiger partial charge on any atom is 0.0991 e. The van der Waals surface area contributed by atoms with Crippen LogP contribution in [0.25, 0.3) is 0 Å². The van der Waals surface area contributed by atoms with Crippen molar-refractivity contribution in [2.45, 2.75) is 12.5 Å². The molecule has 0 spiro atoms. The zero-order chi connectivity index (χ0) is 12.3. The molecule has 0 aliphatic carbocycles. The van der Waals surface area contributed by atoms with Gasteiger partial charge >= 0.3 is 0 Å². The number of hydrogen-bond acceptors (Lipinski definition) is 3. The minimum absolute atomic E-state index is 0.482. The van der Waals surface area contributed by atoms with Gasteiger partial charge < -0.3 is 5.32 Å². The molecule has 0 saturated carbocycles. The molecule has 0 amide bonds. The van der Waals surface area contributed by atoms with Crippen LogP contribution in [0.15, 0.2) is 24.3 Å². The third-order valence-corrected chi connectivity index (χ3v) is 3.62. The molecule has 1 heterocycles. The van der Waals surface area contributed by atoms with E-state index in [1.54, 1.807) is 0 Å². The Hall–Kier alpha value is -1.37. The molecule has 1 aliphatic heterocycles. The van der Waals surface area contributed by atoms with Crippen LogP contribution in [-0.4, -0.2) is 32.1 Å². The summed E-state index contributed by atoms with van der Waals surface area (Å²) >= 11 is 0. The monoisotopic (exact) mass is 229 g/mol. The Labute approximate surface area is 103 Å². The quantitative estimate of drug-likeness (QED) is 0.858. The van der Waals surface area contributed by atoms with Gasteiger partial charge in [0.2, 0.25) is 0 Å². The molecule has 2 atom stereocenters. The van der Waals surface area contributed by atoms with Crippen LogP contribution in [0.3, 0.4) is 0 Å². The van der Waals surface area contributed by atoms with Crippen LogP contribution in [-0.2, 0) is 0 Å². The number of nitrogens with zero attached hydrogens (tertiary/aromatic N) is 2. The molecule has 1 saturated heterocycles. The van der Waals surface area contributed by atoms with Gasteiger partial charge in [0.15, 0.2) is 0 Å². The van der Waals surface area contributed by atoms with Crippen molar-refractivity contribution in [2.75, 3.05) is 27.2 Å². The Balaban J connectivity index is 2.20. The van der Waals surface area contributed by atoms with Crippen molar-refractivity contribution in [3.63, 3.8) is 0 Å². The molecule has 17 heavy (non-hydrogen) atoms. The van der Waals surface area contributed by atoms with Gasteiger partial charge in [-0.3, -0.25) is 4.90 Å². The fourth-order valence-electron chi connectivity index (χ4n) is 2.78. The summed E-state index contributed by atoms with van der Waals surface area (Å²) in [6, 6.07) is 10.7. The third-order valence-electron chi connectivity index (χ3n) is 3.62. The molecular formula is C14H19N3. The molecular weight excluding hydrogens is 210 g/mol. The van der Waals surface area contributed by atoms with Gasteiger partial charge in [0.1, 0.15) is 0 Å². The number of nitriles is 1. The first kappa shape index (κ1) is 12.1. The first-order chi connectivity index (χ1) is 8.26. The van der Waals surface area contributed by atoms with Gasteiger partial charge in [-0.15, -0.1) is 0 Å². The van der Waals surface area contributed by atoms with Crippen LogP contribution in [0.4, 0.5) is 0 Å². The maximum absolute atomic E-state index is 8.81. The lowest BCUT2D eigenvalue weighted by atomic mass is 9.93. The topological polar surface area (TPSA) is 39.1 Å². The van der Waals surface area contributed by atoms with Gasteiger partial charge in [0.05, 0.1) is 11.6 Å². The van der Waals surface area contributed by atoms with E-state index in [0.29, 0.717) is 12.0 Å². The van der Waals surface area contributed by atoms with Crippen molar-refractivity contribution in [1.82, 2.24) is 10.2 Å². The van der Waals surface area contributed by atoms with Crippen molar-refractivity contribution in [1.29, 1.82) is 5.26 Å². The standard InChI is InChI=1S/C14H19N3/c1-16-10-13-7-8-17(2)14(13)12-5-3-11(9-15)4-6-12/h3-6,13-14,16H,7-8,10H2,1-2H3. The van der Waals surface area contributed by atoms with Gasteiger partial charge in [-0.05, 0) is 57.2 Å². The molecule has 2 unspecified atom stereocenters. The molecule has 90 valence electrons. The highest BCUT2D eigenvalue weighted by Gasteiger charge is 2.32. The molecule has 2 rings (SSSR count). The first-order valence-electron chi connectivity index (χ1n) is 6.11. The van der Waals surface area contributed by atoms with Crippen molar-refractivity contribution >= 4 is 0 Å². The van der Waals surface area contributed by atoms with Crippen molar-refractivity contribution < 1.29 is 0 Å². The Morgan fingerprint density at radius 3 is 2.71 bits per heavy atom. The van der Waals surface area contributed by atoms with Gasteiger partial charge in [-0.1, -0.05) is 12.1 Å². The van der Waals surface area contributed by atoms with E-state index >= 15 is 0 Å². The first-order valence-corrected chi connectivity index (χ1v) is 6.11. The highest BCUT2D eigenvalue weighted by Crippen LogP contribution is 2.35. The molecule has 3 nitrogen and oxygen atoms in total. The second kappa shape index (κ2) is 5.31. The van der Waals surface area contributed by atoms with E-state index in [2.05, 4.69) is 35.5 Å². The van der Waals surface area contributed by atoms with Crippen molar-refractivity contribution in [3.8, 4) is 6.07 Å². The zero-order valence-corrected chi connectivity index (χ0v) is 10.5. The van der Waals surface area contributed by atoms with Crippen LogP contribution < -0.4 is 5.32 Å². The molecule has 1 aromatic rings. The molecule has 0 aromatic heterocycles. The van der Waals surface area contributed by atoms with Gasteiger partial charge in [-0.2, -0.15) is 5.26 Å². The number of nitrogens with one attached hydrogen (secondary N) is 1. The molecule has 1 aromatic carbocycles. The lowest BCUT2D eigenvalue weighted by Crippen LogP contribution is -2.26. The molecule has 0 bridgehead atoms. The molecule has 1 aliphatic rings. The second-order valence-corrected chi connectivity index (χ2v) is 4.77. The van der Waals surface area contributed by atoms with Gasteiger partial charge in [0.25, 0.3) is 0 Å². The molecule has 1 fully saturated rings. The zero-order valence-electron chi connectivity index (χ0n) is 10.5. The summed E-state index contributed by atoms with van der Waals surface area (Å²) in [4.78, 5) is 2.41. The number of benzene rings is 1. The Morgan fingerprint density at radius 2 is 2.12 bits per heavy atom. The smallest absolute Gasteiger partial charge is 0.0991 e. The number of likely N-dealkylation sites (tertiary alicyclic amines) is 1. The average molecular weight is 229 g/mol. The van der Waals surface area contributed by atoms with Crippen LogP contribution in [0.1, 0.15) is 23.6 Å². The van der Waals surface area contributed by atoms with Crippen LogP contribution in [0.5, 0.6) is 0 Å². The highest BCUT2D eigenvalue weighted by molar-refractivity contribution is 5.33. The summed E-state index contributed by atoms with van der Waals surface area (Å²) in [7, 11) is 4.19. The Morgan fingerprint density at radius 1 is 1.41 bits per heavy atom. The Kier molecular flexibility index (Phi) is 3.78. The second-order valence-electron chi connectivity index (χ2n) is 4.77. The largest absolute Gasteiger partial charge is 0.319 e. The molecule has 3 heteroatoms. The minimum Gasteiger partial charge on any atom is -0.319 e.